The number of carbonyl (C=O) groups is 3. The highest BCUT2D eigenvalue weighted by Crippen LogP contribution is 2.31. The third-order valence-corrected chi connectivity index (χ3v) is 6.50. The van der Waals surface area contributed by atoms with Gasteiger partial charge in [-0.3, -0.25) is 14.4 Å². The molecular formula is C23H25BrN4O3. The van der Waals surface area contributed by atoms with Crippen LogP contribution in [0.2, 0.25) is 0 Å². The fourth-order valence-corrected chi connectivity index (χ4v) is 4.58. The molecule has 31 heavy (non-hydrogen) atoms. The van der Waals surface area contributed by atoms with Gasteiger partial charge in [-0.15, -0.1) is 0 Å². The molecule has 0 radical (unpaired) electrons. The van der Waals surface area contributed by atoms with E-state index in [1.165, 1.54) is 0 Å². The Bertz CT molecular complexity index is 960. The van der Waals surface area contributed by atoms with Crippen LogP contribution in [-0.4, -0.2) is 61.9 Å². The standard InChI is InChI=1S/C23H25BrN4O3/c24-19-8-4-5-9-20(19)28-11-10-18(23(28)31)22(30)25-16-21(29)27-14-12-26(13-15-27)17-6-2-1-3-7-17/h1-9,18H,10-16H2,(H,25,30). The SMILES string of the molecule is O=C(NCC(=O)N1CCN(c2ccccc2)CC1)C1CCN(c2ccccc2Br)C1=O. The van der Waals surface area contributed by atoms with E-state index < -0.39 is 5.92 Å². The van der Waals surface area contributed by atoms with Gasteiger partial charge in [0.25, 0.3) is 0 Å². The first kappa shape index (κ1) is 21.4. The summed E-state index contributed by atoms with van der Waals surface area (Å²) in [4.78, 5) is 43.6. The number of hydrogen-bond donors (Lipinski definition) is 1. The number of benzene rings is 2. The minimum Gasteiger partial charge on any atom is -0.368 e. The van der Waals surface area contributed by atoms with Crippen molar-refractivity contribution in [2.45, 2.75) is 6.42 Å². The van der Waals surface area contributed by atoms with Crippen molar-refractivity contribution in [3.8, 4) is 0 Å². The molecule has 2 fully saturated rings. The maximum absolute atomic E-state index is 12.8. The molecule has 0 aromatic heterocycles. The molecular weight excluding hydrogens is 460 g/mol. The second-order valence-electron chi connectivity index (χ2n) is 7.70. The minimum atomic E-state index is -0.755. The Morgan fingerprint density at radius 1 is 0.935 bits per heavy atom. The van der Waals surface area contributed by atoms with Crippen LogP contribution in [0.5, 0.6) is 0 Å². The largest absolute Gasteiger partial charge is 0.368 e. The Hall–Kier alpha value is -2.87. The van der Waals surface area contributed by atoms with Crippen LogP contribution in [0.25, 0.3) is 0 Å². The van der Waals surface area contributed by atoms with Crippen LogP contribution < -0.4 is 15.1 Å². The molecule has 2 saturated heterocycles. The van der Waals surface area contributed by atoms with Crippen LogP contribution in [0.1, 0.15) is 6.42 Å². The van der Waals surface area contributed by atoms with Gasteiger partial charge in [0.15, 0.2) is 0 Å². The van der Waals surface area contributed by atoms with Gasteiger partial charge in [0.05, 0.1) is 12.2 Å². The van der Waals surface area contributed by atoms with E-state index in [1.54, 1.807) is 9.80 Å². The molecule has 2 aliphatic heterocycles. The van der Waals surface area contributed by atoms with Crippen LogP contribution in [-0.2, 0) is 14.4 Å². The molecule has 0 aliphatic carbocycles. The molecule has 7 nitrogen and oxygen atoms in total. The molecule has 2 aliphatic rings. The lowest BCUT2D eigenvalue weighted by Gasteiger charge is -2.36. The fourth-order valence-electron chi connectivity index (χ4n) is 4.08. The van der Waals surface area contributed by atoms with Crippen molar-refractivity contribution < 1.29 is 14.4 Å². The molecule has 0 bridgehead atoms. The second kappa shape index (κ2) is 9.51. The molecule has 2 heterocycles. The zero-order valence-electron chi connectivity index (χ0n) is 17.2. The molecule has 162 valence electrons. The van der Waals surface area contributed by atoms with Crippen molar-refractivity contribution in [2.75, 3.05) is 49.1 Å². The Morgan fingerprint density at radius 2 is 1.61 bits per heavy atom. The average molecular weight is 485 g/mol. The molecule has 8 heteroatoms. The normalized spacial score (nSPS) is 18.9. The number of rotatable bonds is 5. The third-order valence-electron chi connectivity index (χ3n) is 5.83. The molecule has 1 unspecified atom stereocenters. The first-order valence-electron chi connectivity index (χ1n) is 10.5. The summed E-state index contributed by atoms with van der Waals surface area (Å²) in [6.07, 6.45) is 0.440. The number of nitrogens with one attached hydrogen (secondary N) is 1. The van der Waals surface area contributed by atoms with Crippen LogP contribution >= 0.6 is 15.9 Å². The van der Waals surface area contributed by atoms with Crippen molar-refractivity contribution in [2.24, 2.45) is 5.92 Å². The van der Waals surface area contributed by atoms with E-state index >= 15 is 0 Å². The highest BCUT2D eigenvalue weighted by molar-refractivity contribution is 9.10. The monoisotopic (exact) mass is 484 g/mol. The van der Waals surface area contributed by atoms with Gasteiger partial charge in [-0.25, -0.2) is 0 Å². The van der Waals surface area contributed by atoms with Gasteiger partial charge in [0.1, 0.15) is 5.92 Å². The zero-order valence-corrected chi connectivity index (χ0v) is 18.8. The third kappa shape index (κ3) is 4.74. The van der Waals surface area contributed by atoms with Crippen LogP contribution in [0.3, 0.4) is 0 Å². The van der Waals surface area contributed by atoms with Crippen LogP contribution in [0.15, 0.2) is 59.1 Å². The summed E-state index contributed by atoms with van der Waals surface area (Å²) < 4.78 is 0.814. The van der Waals surface area contributed by atoms with Crippen molar-refractivity contribution in [1.82, 2.24) is 10.2 Å². The minimum absolute atomic E-state index is 0.0804. The smallest absolute Gasteiger partial charge is 0.242 e. The molecule has 4 rings (SSSR count). The van der Waals surface area contributed by atoms with Gasteiger partial charge >= 0.3 is 0 Å². The van der Waals surface area contributed by atoms with Crippen LogP contribution in [0, 0.1) is 5.92 Å². The van der Waals surface area contributed by atoms with E-state index in [1.807, 2.05) is 42.5 Å². The highest BCUT2D eigenvalue weighted by Gasteiger charge is 2.38. The van der Waals surface area contributed by atoms with E-state index in [2.05, 4.69) is 38.3 Å². The molecule has 1 atom stereocenters. The van der Waals surface area contributed by atoms with E-state index in [4.69, 9.17) is 0 Å². The van der Waals surface area contributed by atoms with Crippen molar-refractivity contribution in [1.29, 1.82) is 0 Å². The summed E-state index contributed by atoms with van der Waals surface area (Å²) in [6, 6.07) is 17.6. The predicted molar refractivity (Wildman–Crippen MR) is 123 cm³/mol. The summed E-state index contributed by atoms with van der Waals surface area (Å²) in [7, 11) is 0. The lowest BCUT2D eigenvalue weighted by molar-refractivity contribution is -0.136. The molecule has 2 aromatic rings. The lowest BCUT2D eigenvalue weighted by Crippen LogP contribution is -2.51. The molecule has 2 aromatic carbocycles. The summed E-state index contributed by atoms with van der Waals surface area (Å²) in [5.74, 6) is -1.48. The Kier molecular flexibility index (Phi) is 6.56. The number of hydrogen-bond acceptors (Lipinski definition) is 4. The number of para-hydroxylation sites is 2. The van der Waals surface area contributed by atoms with Gasteiger partial charge in [0.2, 0.25) is 17.7 Å². The molecule has 0 spiro atoms. The Labute approximate surface area is 190 Å². The predicted octanol–water partition coefficient (Wildman–Crippen LogP) is 2.27. The van der Waals surface area contributed by atoms with Gasteiger partial charge in [-0.1, -0.05) is 30.3 Å². The summed E-state index contributed by atoms with van der Waals surface area (Å²) in [6.45, 7) is 3.14. The highest BCUT2D eigenvalue weighted by atomic mass is 79.9. The Morgan fingerprint density at radius 3 is 2.32 bits per heavy atom. The zero-order chi connectivity index (χ0) is 21.8. The van der Waals surface area contributed by atoms with E-state index in [0.717, 1.165) is 28.9 Å². The second-order valence-corrected chi connectivity index (χ2v) is 8.56. The molecule has 3 amide bonds. The van der Waals surface area contributed by atoms with E-state index in [-0.39, 0.29) is 24.3 Å². The fraction of sp³-hybridized carbons (Fsp3) is 0.348. The number of halogens is 1. The number of amides is 3. The van der Waals surface area contributed by atoms with Crippen LogP contribution in [0.4, 0.5) is 11.4 Å². The number of piperazine rings is 1. The topological polar surface area (TPSA) is 73.0 Å². The summed E-state index contributed by atoms with van der Waals surface area (Å²) in [5.41, 5.74) is 1.91. The summed E-state index contributed by atoms with van der Waals surface area (Å²) in [5, 5.41) is 2.68. The van der Waals surface area contributed by atoms with Gasteiger partial charge in [-0.2, -0.15) is 0 Å². The maximum Gasteiger partial charge on any atom is 0.242 e. The number of carbonyl (C=O) groups excluding carboxylic acids is 3. The molecule has 0 saturated carbocycles. The lowest BCUT2D eigenvalue weighted by atomic mass is 10.1. The average Bonchev–Trinajstić information content (AvgIpc) is 3.19. The maximum atomic E-state index is 12.8. The van der Waals surface area contributed by atoms with Gasteiger partial charge in [0, 0.05) is 42.9 Å². The first-order chi connectivity index (χ1) is 15.0. The summed E-state index contributed by atoms with van der Waals surface area (Å²) >= 11 is 3.46. The van der Waals surface area contributed by atoms with Gasteiger partial charge < -0.3 is 20.0 Å². The van der Waals surface area contributed by atoms with Crippen molar-refractivity contribution in [3.05, 3.63) is 59.1 Å². The van der Waals surface area contributed by atoms with Gasteiger partial charge in [-0.05, 0) is 46.6 Å². The number of anilines is 2. The number of nitrogens with zero attached hydrogens (tertiary/aromatic N) is 3. The van der Waals surface area contributed by atoms with Crippen molar-refractivity contribution in [3.63, 3.8) is 0 Å². The quantitative estimate of drug-likeness (QED) is 0.660. The van der Waals surface area contributed by atoms with E-state index in [9.17, 15) is 14.4 Å². The van der Waals surface area contributed by atoms with E-state index in [0.29, 0.717) is 26.1 Å². The first-order valence-corrected chi connectivity index (χ1v) is 11.3. The Balaban J connectivity index is 1.26. The van der Waals surface area contributed by atoms with Crippen molar-refractivity contribution >= 4 is 45.0 Å². The molecule has 1 N–H and O–H groups in total.